The summed E-state index contributed by atoms with van der Waals surface area (Å²) in [5, 5.41) is 7.48. The number of ether oxygens (including phenoxy) is 2. The van der Waals surface area contributed by atoms with Crippen LogP contribution in [0.3, 0.4) is 0 Å². The average molecular weight is 487 g/mol. The maximum absolute atomic E-state index is 13.7. The van der Waals surface area contributed by atoms with Gasteiger partial charge in [0.15, 0.2) is 0 Å². The minimum atomic E-state index is -1.03. The molecule has 3 rings (SSSR count). The standard InChI is InChI=1S/C24H23F2N3O6/c1-2-34-23(32)20-18(28-24(33)29-21(20)14-6-4-3-5-7-14)13-35-19(30)10-11-27-22(31)16-9-8-15(25)12-17(16)26/h3-9,12,21H,2,10-11,13H2,1H3,(H,27,31)(H2,28,29,33). The number of hydrogen-bond acceptors (Lipinski definition) is 6. The third-order valence-electron chi connectivity index (χ3n) is 4.95. The fraction of sp³-hybridized carbons (Fsp3) is 0.250. The summed E-state index contributed by atoms with van der Waals surface area (Å²) in [6.07, 6.45) is -0.273. The molecule has 2 aromatic carbocycles. The van der Waals surface area contributed by atoms with Crippen LogP contribution in [0.25, 0.3) is 0 Å². The molecule has 0 spiro atoms. The van der Waals surface area contributed by atoms with E-state index in [9.17, 15) is 28.0 Å². The zero-order valence-electron chi connectivity index (χ0n) is 18.7. The molecule has 0 aliphatic carbocycles. The Morgan fingerprint density at radius 3 is 2.49 bits per heavy atom. The van der Waals surface area contributed by atoms with Gasteiger partial charge in [0.25, 0.3) is 5.91 Å². The van der Waals surface area contributed by atoms with Gasteiger partial charge in [0, 0.05) is 12.6 Å². The number of carbonyl (C=O) groups excluding carboxylic acids is 4. The Morgan fingerprint density at radius 2 is 1.80 bits per heavy atom. The van der Waals surface area contributed by atoms with Crippen molar-refractivity contribution in [1.82, 2.24) is 16.0 Å². The lowest BCUT2D eigenvalue weighted by Crippen LogP contribution is -2.47. The zero-order chi connectivity index (χ0) is 25.4. The Kier molecular flexibility index (Phi) is 8.49. The molecule has 3 N–H and O–H groups in total. The van der Waals surface area contributed by atoms with Gasteiger partial charge in [0.2, 0.25) is 0 Å². The first-order valence-electron chi connectivity index (χ1n) is 10.7. The number of benzene rings is 2. The molecule has 3 amide bonds. The van der Waals surface area contributed by atoms with E-state index in [4.69, 9.17) is 9.47 Å². The summed E-state index contributed by atoms with van der Waals surface area (Å²) >= 11 is 0. The van der Waals surface area contributed by atoms with Crippen molar-refractivity contribution in [1.29, 1.82) is 0 Å². The van der Waals surface area contributed by atoms with Gasteiger partial charge >= 0.3 is 18.0 Å². The van der Waals surface area contributed by atoms with Crippen molar-refractivity contribution < 1.29 is 37.4 Å². The van der Waals surface area contributed by atoms with Crippen molar-refractivity contribution in [3.8, 4) is 0 Å². The number of halogens is 2. The third kappa shape index (κ3) is 6.62. The molecule has 9 nitrogen and oxygen atoms in total. The van der Waals surface area contributed by atoms with Gasteiger partial charge in [0.1, 0.15) is 18.2 Å². The molecule has 1 aliphatic heterocycles. The van der Waals surface area contributed by atoms with Crippen molar-refractivity contribution >= 4 is 23.9 Å². The molecule has 1 unspecified atom stereocenters. The SMILES string of the molecule is CCOC(=O)C1=C(COC(=O)CCNC(=O)c2ccc(F)cc2F)NC(=O)NC1c1ccccc1. The summed E-state index contributed by atoms with van der Waals surface area (Å²) in [7, 11) is 0. The van der Waals surface area contributed by atoms with Crippen molar-refractivity contribution in [2.75, 3.05) is 19.8 Å². The lowest BCUT2D eigenvalue weighted by molar-refractivity contribution is -0.143. The number of carbonyl (C=O) groups is 4. The summed E-state index contributed by atoms with van der Waals surface area (Å²) in [4.78, 5) is 49.1. The van der Waals surface area contributed by atoms with Gasteiger partial charge in [0.05, 0.1) is 35.9 Å². The number of urea groups is 1. The van der Waals surface area contributed by atoms with Crippen molar-refractivity contribution in [2.45, 2.75) is 19.4 Å². The Hall–Kier alpha value is -4.28. The monoisotopic (exact) mass is 487 g/mol. The van der Waals surface area contributed by atoms with Crippen LogP contribution in [0.2, 0.25) is 0 Å². The molecule has 0 aromatic heterocycles. The van der Waals surface area contributed by atoms with E-state index in [2.05, 4.69) is 16.0 Å². The van der Waals surface area contributed by atoms with Crippen LogP contribution in [0, 0.1) is 11.6 Å². The molecular formula is C24H23F2N3O6. The van der Waals surface area contributed by atoms with Gasteiger partial charge in [-0.15, -0.1) is 0 Å². The van der Waals surface area contributed by atoms with Crippen molar-refractivity contribution in [3.63, 3.8) is 0 Å². The highest BCUT2D eigenvalue weighted by Crippen LogP contribution is 2.27. The summed E-state index contributed by atoms with van der Waals surface area (Å²) in [6.45, 7) is 1.12. The van der Waals surface area contributed by atoms with E-state index in [0.717, 1.165) is 12.1 Å². The molecule has 11 heteroatoms. The van der Waals surface area contributed by atoms with Gasteiger partial charge in [-0.1, -0.05) is 30.3 Å². The molecule has 0 saturated heterocycles. The van der Waals surface area contributed by atoms with Gasteiger partial charge < -0.3 is 25.4 Å². The Labute approximate surface area is 199 Å². The van der Waals surface area contributed by atoms with Gasteiger partial charge in [-0.05, 0) is 24.6 Å². The number of rotatable bonds is 9. The number of esters is 2. The molecule has 0 bridgehead atoms. The molecule has 35 heavy (non-hydrogen) atoms. The Morgan fingerprint density at radius 1 is 1.06 bits per heavy atom. The van der Waals surface area contributed by atoms with Crippen LogP contribution in [-0.2, 0) is 19.1 Å². The lowest BCUT2D eigenvalue weighted by Gasteiger charge is -2.29. The molecule has 0 radical (unpaired) electrons. The fourth-order valence-corrected chi connectivity index (χ4v) is 3.35. The fourth-order valence-electron chi connectivity index (χ4n) is 3.35. The minimum Gasteiger partial charge on any atom is -0.463 e. The average Bonchev–Trinajstić information content (AvgIpc) is 2.83. The molecule has 1 atom stereocenters. The van der Waals surface area contributed by atoms with E-state index in [1.807, 2.05) is 0 Å². The lowest BCUT2D eigenvalue weighted by atomic mass is 9.95. The minimum absolute atomic E-state index is 0.0619. The smallest absolute Gasteiger partial charge is 0.338 e. The highest BCUT2D eigenvalue weighted by molar-refractivity contribution is 5.95. The molecular weight excluding hydrogens is 464 g/mol. The first-order valence-corrected chi connectivity index (χ1v) is 10.7. The van der Waals surface area contributed by atoms with Crippen molar-refractivity contribution in [3.05, 3.63) is 82.6 Å². The quantitative estimate of drug-likeness (QED) is 0.467. The van der Waals surface area contributed by atoms with E-state index in [0.29, 0.717) is 11.6 Å². The van der Waals surface area contributed by atoms with Crippen LogP contribution in [0.1, 0.15) is 35.3 Å². The van der Waals surface area contributed by atoms with E-state index >= 15 is 0 Å². The van der Waals surface area contributed by atoms with Crippen LogP contribution in [0.5, 0.6) is 0 Å². The molecule has 1 aliphatic rings. The number of nitrogens with one attached hydrogen (secondary N) is 3. The molecule has 1 heterocycles. The Bertz CT molecular complexity index is 1150. The zero-order valence-corrected chi connectivity index (χ0v) is 18.7. The van der Waals surface area contributed by atoms with Crippen molar-refractivity contribution in [2.24, 2.45) is 0 Å². The number of amides is 3. The maximum Gasteiger partial charge on any atom is 0.338 e. The highest BCUT2D eigenvalue weighted by Gasteiger charge is 2.34. The molecule has 184 valence electrons. The van der Waals surface area contributed by atoms with Gasteiger partial charge in [-0.2, -0.15) is 0 Å². The second-order valence-electron chi connectivity index (χ2n) is 7.35. The first-order chi connectivity index (χ1) is 16.8. The first kappa shape index (κ1) is 25.3. The summed E-state index contributed by atoms with van der Waals surface area (Å²) < 4.78 is 37.0. The maximum atomic E-state index is 13.7. The normalized spacial score (nSPS) is 15.1. The van der Waals surface area contributed by atoms with Gasteiger partial charge in [-0.3, -0.25) is 9.59 Å². The molecule has 0 saturated carbocycles. The summed E-state index contributed by atoms with van der Waals surface area (Å²) in [5.74, 6) is -4.10. The molecule has 0 fully saturated rings. The van der Waals surface area contributed by atoms with E-state index in [1.54, 1.807) is 37.3 Å². The largest absolute Gasteiger partial charge is 0.463 e. The third-order valence-corrected chi connectivity index (χ3v) is 4.95. The molecule has 2 aromatic rings. The van der Waals surface area contributed by atoms with E-state index < -0.39 is 48.2 Å². The predicted octanol–water partition coefficient (Wildman–Crippen LogP) is 2.50. The highest BCUT2D eigenvalue weighted by atomic mass is 19.1. The summed E-state index contributed by atoms with van der Waals surface area (Å²) in [5.41, 5.74) is 0.413. The van der Waals surface area contributed by atoms with E-state index in [1.165, 1.54) is 0 Å². The van der Waals surface area contributed by atoms with Crippen LogP contribution >= 0.6 is 0 Å². The van der Waals surface area contributed by atoms with Crippen LogP contribution < -0.4 is 16.0 Å². The summed E-state index contributed by atoms with van der Waals surface area (Å²) in [6, 6.07) is 9.84. The second kappa shape index (κ2) is 11.7. The van der Waals surface area contributed by atoms with E-state index in [-0.39, 0.29) is 36.4 Å². The van der Waals surface area contributed by atoms with Crippen LogP contribution in [-0.4, -0.2) is 43.6 Å². The number of hydrogen-bond donors (Lipinski definition) is 3. The van der Waals surface area contributed by atoms with Gasteiger partial charge in [-0.25, -0.2) is 18.4 Å². The predicted molar refractivity (Wildman–Crippen MR) is 119 cm³/mol. The second-order valence-corrected chi connectivity index (χ2v) is 7.35. The topological polar surface area (TPSA) is 123 Å². The van der Waals surface area contributed by atoms with Crippen LogP contribution in [0.4, 0.5) is 13.6 Å². The van der Waals surface area contributed by atoms with Crippen LogP contribution in [0.15, 0.2) is 59.8 Å². The Balaban J connectivity index is 1.64.